The van der Waals surface area contributed by atoms with Crippen molar-refractivity contribution >= 4 is 23.0 Å². The SMILES string of the molecule is CC[C@H]1CN(C(=O)C2(C#N)CC2)C[C@H]1Nc1c(C(N)=O)cnn2cc(-c3cn(-c4ccccc4)nn3)cc12. The van der Waals surface area contributed by atoms with Gasteiger partial charge in [0, 0.05) is 30.9 Å². The number of nitriles is 1. The predicted octanol–water partition coefficient (Wildman–Crippen LogP) is 2.63. The monoisotopic (exact) mass is 509 g/mol. The number of primary amides is 1. The fourth-order valence-electron chi connectivity index (χ4n) is 5.24. The number of carbonyl (C=O) groups is 2. The summed E-state index contributed by atoms with van der Waals surface area (Å²) in [6, 6.07) is 13.7. The first kappa shape index (κ1) is 23.7. The summed E-state index contributed by atoms with van der Waals surface area (Å²) in [5.41, 5.74) is 8.71. The second-order valence-corrected chi connectivity index (χ2v) is 10.1. The summed E-state index contributed by atoms with van der Waals surface area (Å²) in [5, 5.41) is 26.0. The fraction of sp³-hybridized carbons (Fsp3) is 0.333. The maximum atomic E-state index is 13.0. The first-order chi connectivity index (χ1) is 18.4. The van der Waals surface area contributed by atoms with E-state index in [9.17, 15) is 14.9 Å². The van der Waals surface area contributed by atoms with Crippen molar-refractivity contribution in [1.82, 2.24) is 29.5 Å². The number of para-hydroxylation sites is 1. The largest absolute Gasteiger partial charge is 0.378 e. The Balaban J connectivity index is 1.33. The summed E-state index contributed by atoms with van der Waals surface area (Å²) in [7, 11) is 0. The number of benzene rings is 1. The minimum absolute atomic E-state index is 0.0933. The minimum Gasteiger partial charge on any atom is -0.378 e. The first-order valence-electron chi connectivity index (χ1n) is 12.7. The van der Waals surface area contributed by atoms with Crippen LogP contribution in [0.5, 0.6) is 0 Å². The van der Waals surface area contributed by atoms with Crippen molar-refractivity contribution in [3.8, 4) is 23.0 Å². The number of aromatic nitrogens is 5. The van der Waals surface area contributed by atoms with Gasteiger partial charge in [-0.05, 0) is 43.4 Å². The summed E-state index contributed by atoms with van der Waals surface area (Å²) in [4.78, 5) is 27.2. The molecule has 1 aliphatic carbocycles. The van der Waals surface area contributed by atoms with Crippen LogP contribution in [0.3, 0.4) is 0 Å². The molecule has 0 spiro atoms. The number of hydrogen-bond acceptors (Lipinski definition) is 7. The van der Waals surface area contributed by atoms with E-state index in [2.05, 4.69) is 33.7 Å². The second kappa shape index (κ2) is 8.99. The molecule has 3 N–H and O–H groups in total. The molecule has 4 aromatic rings. The van der Waals surface area contributed by atoms with Gasteiger partial charge in [0.2, 0.25) is 5.91 Å². The molecule has 38 heavy (non-hydrogen) atoms. The van der Waals surface area contributed by atoms with Gasteiger partial charge in [-0.3, -0.25) is 9.59 Å². The van der Waals surface area contributed by atoms with Gasteiger partial charge in [0.25, 0.3) is 5.91 Å². The van der Waals surface area contributed by atoms with Crippen LogP contribution in [-0.2, 0) is 4.79 Å². The second-order valence-electron chi connectivity index (χ2n) is 10.1. The van der Waals surface area contributed by atoms with Gasteiger partial charge >= 0.3 is 0 Å². The van der Waals surface area contributed by atoms with Gasteiger partial charge in [-0.25, -0.2) is 9.20 Å². The highest BCUT2D eigenvalue weighted by Gasteiger charge is 2.54. The highest BCUT2D eigenvalue weighted by atomic mass is 16.2. The van der Waals surface area contributed by atoms with E-state index in [0.717, 1.165) is 17.7 Å². The van der Waals surface area contributed by atoms with E-state index in [4.69, 9.17) is 5.73 Å². The zero-order chi connectivity index (χ0) is 26.4. The van der Waals surface area contributed by atoms with Crippen LogP contribution < -0.4 is 11.1 Å². The Kier molecular flexibility index (Phi) is 5.60. The van der Waals surface area contributed by atoms with Gasteiger partial charge < -0.3 is 16.0 Å². The van der Waals surface area contributed by atoms with Gasteiger partial charge in [-0.2, -0.15) is 10.4 Å². The van der Waals surface area contributed by atoms with Gasteiger partial charge in [-0.1, -0.05) is 30.3 Å². The number of amides is 2. The quantitative estimate of drug-likeness (QED) is 0.389. The number of hydrogen-bond donors (Lipinski definition) is 2. The smallest absolute Gasteiger partial charge is 0.252 e. The van der Waals surface area contributed by atoms with Crippen LogP contribution in [0.25, 0.3) is 22.5 Å². The van der Waals surface area contributed by atoms with Crippen LogP contribution in [0.4, 0.5) is 5.69 Å². The van der Waals surface area contributed by atoms with Gasteiger partial charge in [0.05, 0.1) is 40.9 Å². The molecule has 2 amide bonds. The van der Waals surface area contributed by atoms with Crippen LogP contribution in [0, 0.1) is 22.7 Å². The number of anilines is 1. The molecule has 6 rings (SSSR count). The zero-order valence-electron chi connectivity index (χ0n) is 20.9. The molecule has 1 saturated carbocycles. The normalized spacial score (nSPS) is 19.8. The number of nitrogens with zero attached hydrogens (tertiary/aromatic N) is 7. The molecule has 1 saturated heterocycles. The van der Waals surface area contributed by atoms with E-state index in [-0.39, 0.29) is 23.4 Å². The van der Waals surface area contributed by atoms with Gasteiger partial charge in [0.15, 0.2) is 0 Å². The summed E-state index contributed by atoms with van der Waals surface area (Å²) >= 11 is 0. The maximum absolute atomic E-state index is 13.0. The number of nitrogens with one attached hydrogen (secondary N) is 1. The number of rotatable bonds is 7. The summed E-state index contributed by atoms with van der Waals surface area (Å²) < 4.78 is 3.38. The predicted molar refractivity (Wildman–Crippen MR) is 139 cm³/mol. The lowest BCUT2D eigenvalue weighted by Gasteiger charge is -2.22. The number of likely N-dealkylation sites (tertiary alicyclic amines) is 1. The van der Waals surface area contributed by atoms with E-state index in [1.807, 2.05) is 48.8 Å². The molecule has 0 radical (unpaired) electrons. The molecule has 0 unspecified atom stereocenters. The van der Waals surface area contributed by atoms with Crippen molar-refractivity contribution in [3.05, 3.63) is 60.6 Å². The molecule has 3 aromatic heterocycles. The summed E-state index contributed by atoms with van der Waals surface area (Å²) in [6.45, 7) is 3.10. The van der Waals surface area contributed by atoms with Crippen molar-refractivity contribution in [3.63, 3.8) is 0 Å². The molecular formula is C27H27N9O2. The first-order valence-corrected chi connectivity index (χ1v) is 12.7. The Morgan fingerprint density at radius 2 is 2.00 bits per heavy atom. The molecule has 11 heteroatoms. The Hall–Kier alpha value is -4.72. The van der Waals surface area contributed by atoms with Crippen molar-refractivity contribution in [2.75, 3.05) is 18.4 Å². The van der Waals surface area contributed by atoms with Crippen LogP contribution in [-0.4, -0.2) is 60.5 Å². The third-order valence-corrected chi connectivity index (χ3v) is 7.67. The average Bonchev–Trinajstić information content (AvgIpc) is 3.26. The van der Waals surface area contributed by atoms with Crippen molar-refractivity contribution in [2.45, 2.75) is 32.2 Å². The average molecular weight is 510 g/mol. The Morgan fingerprint density at radius 1 is 1.21 bits per heavy atom. The fourth-order valence-corrected chi connectivity index (χ4v) is 5.24. The lowest BCUT2D eigenvalue weighted by Crippen LogP contribution is -2.36. The third-order valence-electron chi connectivity index (χ3n) is 7.67. The molecule has 2 aliphatic rings. The molecule has 192 valence electrons. The van der Waals surface area contributed by atoms with Gasteiger partial charge in [-0.15, -0.1) is 5.10 Å². The topological polar surface area (TPSA) is 147 Å². The van der Waals surface area contributed by atoms with E-state index < -0.39 is 11.3 Å². The van der Waals surface area contributed by atoms with Gasteiger partial charge in [0.1, 0.15) is 11.1 Å². The van der Waals surface area contributed by atoms with Crippen LogP contribution in [0.15, 0.2) is 55.0 Å². The molecule has 11 nitrogen and oxygen atoms in total. The number of carbonyl (C=O) groups excluding carboxylic acids is 2. The molecule has 2 atom stereocenters. The molecule has 1 aliphatic heterocycles. The number of nitrogens with two attached hydrogens (primary N) is 1. The van der Waals surface area contributed by atoms with E-state index in [0.29, 0.717) is 42.8 Å². The third kappa shape index (κ3) is 3.94. The van der Waals surface area contributed by atoms with Crippen LogP contribution in [0.1, 0.15) is 36.5 Å². The summed E-state index contributed by atoms with van der Waals surface area (Å²) in [6.07, 6.45) is 7.19. The van der Waals surface area contributed by atoms with Crippen molar-refractivity contribution in [1.29, 1.82) is 5.26 Å². The Bertz CT molecular complexity index is 1580. The highest BCUT2D eigenvalue weighted by molar-refractivity contribution is 6.02. The Morgan fingerprint density at radius 3 is 2.68 bits per heavy atom. The van der Waals surface area contributed by atoms with Crippen molar-refractivity contribution < 1.29 is 9.59 Å². The lowest BCUT2D eigenvalue weighted by atomic mass is 10.00. The van der Waals surface area contributed by atoms with Crippen LogP contribution in [0.2, 0.25) is 0 Å². The standard InChI is InChI=1S/C27H27N9O2/c1-2-17-12-34(26(38)27(16-28)8-9-27)14-21(17)31-24-20(25(29)37)11-30-36-13-18(10-23(24)36)22-15-35(33-32-22)19-6-4-3-5-7-19/h3-7,10-11,13,15,17,21,31H,2,8-9,12,14H2,1H3,(H2,29,37)/t17-,21+/m0/s1. The van der Waals surface area contributed by atoms with Crippen molar-refractivity contribution in [2.24, 2.45) is 17.1 Å². The van der Waals surface area contributed by atoms with E-state index in [1.165, 1.54) is 6.20 Å². The zero-order valence-corrected chi connectivity index (χ0v) is 20.9. The molecule has 4 heterocycles. The highest BCUT2D eigenvalue weighted by Crippen LogP contribution is 2.47. The molecule has 1 aromatic carbocycles. The Labute approximate surface area is 218 Å². The lowest BCUT2D eigenvalue weighted by molar-refractivity contribution is -0.134. The molecular weight excluding hydrogens is 482 g/mol. The summed E-state index contributed by atoms with van der Waals surface area (Å²) in [5.74, 6) is -0.535. The number of fused-ring (bicyclic) bond motifs is 1. The molecule has 0 bridgehead atoms. The van der Waals surface area contributed by atoms with E-state index in [1.54, 1.807) is 14.1 Å². The van der Waals surface area contributed by atoms with Crippen LogP contribution >= 0.6 is 0 Å². The van der Waals surface area contributed by atoms with E-state index >= 15 is 0 Å². The molecule has 2 fully saturated rings. The maximum Gasteiger partial charge on any atom is 0.252 e. The minimum atomic E-state index is -0.858.